The predicted octanol–water partition coefficient (Wildman–Crippen LogP) is 2.56. The van der Waals surface area contributed by atoms with E-state index in [1.165, 1.54) is 19.1 Å². The van der Waals surface area contributed by atoms with Crippen LogP contribution in [0.4, 0.5) is 0 Å². The fourth-order valence-corrected chi connectivity index (χ4v) is 3.74. The fourth-order valence-electron chi connectivity index (χ4n) is 3.74. The number of ether oxygens (including phenoxy) is 4. The quantitative estimate of drug-likeness (QED) is 0.313. The molecule has 0 aliphatic carbocycles. The van der Waals surface area contributed by atoms with Crippen LogP contribution in [-0.4, -0.2) is 67.9 Å². The molecule has 34 heavy (non-hydrogen) atoms. The van der Waals surface area contributed by atoms with E-state index in [-0.39, 0.29) is 35.9 Å². The van der Waals surface area contributed by atoms with Crippen molar-refractivity contribution < 1.29 is 28.5 Å². The van der Waals surface area contributed by atoms with E-state index in [1.54, 1.807) is 20.2 Å². The lowest BCUT2D eigenvalue weighted by atomic mass is 9.95. The topological polar surface area (TPSA) is 121 Å². The molecule has 0 bridgehead atoms. The second-order valence-corrected chi connectivity index (χ2v) is 9.15. The van der Waals surface area contributed by atoms with Crippen molar-refractivity contribution >= 4 is 18.1 Å². The van der Waals surface area contributed by atoms with Crippen LogP contribution in [0.1, 0.15) is 53.9 Å². The number of hydrogen-bond acceptors (Lipinski definition) is 8. The van der Waals surface area contributed by atoms with Gasteiger partial charge in [0.1, 0.15) is 18.0 Å². The third kappa shape index (κ3) is 9.04. The number of rotatable bonds is 8. The minimum atomic E-state index is -0.479. The van der Waals surface area contributed by atoms with Crippen LogP contribution in [0.25, 0.3) is 0 Å². The maximum absolute atomic E-state index is 12.2. The summed E-state index contributed by atoms with van der Waals surface area (Å²) in [7, 11) is 1.72. The molecule has 0 saturated carbocycles. The van der Waals surface area contributed by atoms with Gasteiger partial charge in [-0.25, -0.2) is 0 Å². The third-order valence-corrected chi connectivity index (χ3v) is 5.96. The van der Waals surface area contributed by atoms with Gasteiger partial charge in [-0.3, -0.25) is 14.6 Å². The van der Waals surface area contributed by atoms with Gasteiger partial charge in [0.05, 0.1) is 24.3 Å². The monoisotopic (exact) mass is 477 g/mol. The number of amides is 1. The number of carbonyl (C=O) groups is 2. The van der Waals surface area contributed by atoms with Gasteiger partial charge in [0.25, 0.3) is 0 Å². The number of nitrogens with zero attached hydrogens (tertiary/aromatic N) is 1. The Morgan fingerprint density at radius 2 is 2.09 bits per heavy atom. The molecule has 190 valence electrons. The summed E-state index contributed by atoms with van der Waals surface area (Å²) < 4.78 is 22.2. The highest BCUT2D eigenvalue weighted by Crippen LogP contribution is 2.28. The van der Waals surface area contributed by atoms with Gasteiger partial charge < -0.3 is 30.0 Å². The van der Waals surface area contributed by atoms with E-state index in [0.717, 1.165) is 12.0 Å². The second-order valence-electron chi connectivity index (χ2n) is 9.15. The fraction of sp³-hybridized carbons (Fsp3) is 0.640. The van der Waals surface area contributed by atoms with Crippen LogP contribution in [0.3, 0.4) is 0 Å². The van der Waals surface area contributed by atoms with Crippen molar-refractivity contribution in [2.24, 2.45) is 10.7 Å². The molecule has 2 aliphatic heterocycles. The molecule has 2 heterocycles. The molecule has 6 atom stereocenters. The molecule has 9 nitrogen and oxygen atoms in total. The van der Waals surface area contributed by atoms with Gasteiger partial charge in [-0.2, -0.15) is 0 Å². The molecular weight excluding hydrogens is 438 g/mol. The average Bonchev–Trinajstić information content (AvgIpc) is 2.77. The SMILES string of the molecule is CO[C@@]1(C)CCO[C@H](/N=C/C(C)=C/C=C2/O[C@H](C)[C@H](NC(=O)/C=C\[C@H](C)OC(C)=O)C[C@@H]2N)C1. The third-order valence-electron chi connectivity index (χ3n) is 5.96. The Morgan fingerprint density at radius 3 is 2.76 bits per heavy atom. The van der Waals surface area contributed by atoms with Gasteiger partial charge in [-0.15, -0.1) is 0 Å². The predicted molar refractivity (Wildman–Crippen MR) is 130 cm³/mol. The number of hydrogen-bond donors (Lipinski definition) is 2. The van der Waals surface area contributed by atoms with Crippen molar-refractivity contribution in [2.75, 3.05) is 13.7 Å². The second kappa shape index (κ2) is 12.8. The summed E-state index contributed by atoms with van der Waals surface area (Å²) in [5.74, 6) is -0.0321. The van der Waals surface area contributed by atoms with E-state index in [2.05, 4.69) is 17.2 Å². The Kier molecular flexibility index (Phi) is 10.5. The Labute approximate surface area is 202 Å². The molecular formula is C25H39N3O6. The zero-order chi connectivity index (χ0) is 25.3. The van der Waals surface area contributed by atoms with Crippen LogP contribution >= 0.6 is 0 Å². The van der Waals surface area contributed by atoms with Gasteiger partial charge >= 0.3 is 5.97 Å². The Hall–Kier alpha value is -2.49. The van der Waals surface area contributed by atoms with Crippen LogP contribution in [0, 0.1) is 0 Å². The highest BCUT2D eigenvalue weighted by molar-refractivity contribution is 5.87. The number of esters is 1. The number of methoxy groups -OCH3 is 1. The number of aliphatic imine (C=N–C) groups is 1. The lowest BCUT2D eigenvalue weighted by Gasteiger charge is -2.35. The van der Waals surface area contributed by atoms with Gasteiger partial charge in [-0.05, 0) is 58.3 Å². The molecule has 2 saturated heterocycles. The lowest BCUT2D eigenvalue weighted by molar-refractivity contribution is -0.143. The van der Waals surface area contributed by atoms with Crippen LogP contribution in [0.2, 0.25) is 0 Å². The van der Waals surface area contributed by atoms with Crippen LogP contribution in [0.5, 0.6) is 0 Å². The molecule has 2 fully saturated rings. The molecule has 0 aromatic heterocycles. The van der Waals surface area contributed by atoms with Crippen molar-refractivity contribution in [3.63, 3.8) is 0 Å². The van der Waals surface area contributed by atoms with E-state index in [4.69, 9.17) is 24.7 Å². The molecule has 3 N–H and O–H groups in total. The lowest BCUT2D eigenvalue weighted by Crippen LogP contribution is -2.50. The number of allylic oxidation sites excluding steroid dienone is 3. The molecule has 1 amide bonds. The van der Waals surface area contributed by atoms with Gasteiger partial charge in [0.2, 0.25) is 5.91 Å². The summed E-state index contributed by atoms with van der Waals surface area (Å²) in [5, 5.41) is 2.90. The summed E-state index contributed by atoms with van der Waals surface area (Å²) in [5.41, 5.74) is 7.02. The number of nitrogens with one attached hydrogen (secondary N) is 1. The Balaban J connectivity index is 1.89. The molecule has 2 aliphatic rings. The van der Waals surface area contributed by atoms with Crippen LogP contribution in [-0.2, 0) is 28.5 Å². The molecule has 2 rings (SSSR count). The van der Waals surface area contributed by atoms with Crippen molar-refractivity contribution in [2.45, 2.75) is 90.0 Å². The van der Waals surface area contributed by atoms with Crippen LogP contribution < -0.4 is 11.1 Å². The molecule has 9 heteroatoms. The Morgan fingerprint density at radius 1 is 1.35 bits per heavy atom. The standard InChI is InChI=1S/C25H39N3O6/c1-16(15-27-24-14-25(5,31-6)11-12-32-24)7-9-22-20(26)13-21(18(3)34-22)28-23(30)10-8-17(2)33-19(4)29/h7-10,15,17-18,20-21,24H,11-14,26H2,1-6H3,(H,28,30)/b10-8-,16-7+,22-9+,27-15+/t17-,18+,20-,21+,24-,25-/m0/s1. The van der Waals surface area contributed by atoms with E-state index >= 15 is 0 Å². The average molecular weight is 478 g/mol. The maximum Gasteiger partial charge on any atom is 0.303 e. The first kappa shape index (κ1) is 27.8. The van der Waals surface area contributed by atoms with E-state index < -0.39 is 12.1 Å². The van der Waals surface area contributed by atoms with Crippen molar-refractivity contribution in [1.82, 2.24) is 5.32 Å². The summed E-state index contributed by atoms with van der Waals surface area (Å²) >= 11 is 0. The molecule has 0 radical (unpaired) electrons. The van der Waals surface area contributed by atoms with E-state index in [0.29, 0.717) is 25.2 Å². The summed E-state index contributed by atoms with van der Waals surface area (Å²) in [6, 6.07) is -0.589. The molecule has 0 unspecified atom stereocenters. The van der Waals surface area contributed by atoms with Crippen molar-refractivity contribution in [3.05, 3.63) is 35.6 Å². The molecule has 0 aromatic carbocycles. The van der Waals surface area contributed by atoms with Crippen molar-refractivity contribution in [1.29, 1.82) is 0 Å². The first-order chi connectivity index (χ1) is 16.0. The smallest absolute Gasteiger partial charge is 0.303 e. The van der Waals surface area contributed by atoms with Gasteiger partial charge in [-0.1, -0.05) is 6.08 Å². The largest absolute Gasteiger partial charge is 0.491 e. The minimum Gasteiger partial charge on any atom is -0.491 e. The summed E-state index contributed by atoms with van der Waals surface area (Å²) in [4.78, 5) is 27.7. The van der Waals surface area contributed by atoms with E-state index in [9.17, 15) is 9.59 Å². The molecule has 0 aromatic rings. The first-order valence-electron chi connectivity index (χ1n) is 11.7. The number of nitrogens with two attached hydrogens (primary N) is 1. The van der Waals surface area contributed by atoms with Gasteiger partial charge in [0, 0.05) is 32.7 Å². The maximum atomic E-state index is 12.2. The summed E-state index contributed by atoms with van der Waals surface area (Å²) in [6.07, 6.45) is 9.58. The number of carbonyl (C=O) groups excluding carboxylic acids is 2. The Bertz CT molecular complexity index is 837. The molecule has 0 spiro atoms. The summed E-state index contributed by atoms with van der Waals surface area (Å²) in [6.45, 7) is 9.54. The zero-order valence-corrected chi connectivity index (χ0v) is 21.1. The highest BCUT2D eigenvalue weighted by Gasteiger charge is 2.33. The van der Waals surface area contributed by atoms with Crippen LogP contribution in [0.15, 0.2) is 40.6 Å². The zero-order valence-electron chi connectivity index (χ0n) is 21.1. The minimum absolute atomic E-state index is 0.207. The van der Waals surface area contributed by atoms with E-state index in [1.807, 2.05) is 26.0 Å². The highest BCUT2D eigenvalue weighted by atomic mass is 16.5. The first-order valence-corrected chi connectivity index (χ1v) is 11.7. The normalized spacial score (nSPS) is 32.6. The van der Waals surface area contributed by atoms with Crippen molar-refractivity contribution in [3.8, 4) is 0 Å². The van der Waals surface area contributed by atoms with Gasteiger partial charge in [0.15, 0.2) is 6.23 Å².